The van der Waals surface area contributed by atoms with Crippen LogP contribution in [0.3, 0.4) is 0 Å². The number of para-hydroxylation sites is 1. The van der Waals surface area contributed by atoms with Crippen LogP contribution in [0, 0.1) is 0 Å². The van der Waals surface area contributed by atoms with Crippen molar-refractivity contribution in [2.45, 2.75) is 24.7 Å². The number of hydrogen-bond acceptors (Lipinski definition) is 7. The van der Waals surface area contributed by atoms with Gasteiger partial charge < -0.3 is 0 Å². The summed E-state index contributed by atoms with van der Waals surface area (Å²) in [7, 11) is 0. The van der Waals surface area contributed by atoms with Gasteiger partial charge in [-0.3, -0.25) is 20.0 Å². The number of fused-ring (bicyclic) bond motifs is 2. The van der Waals surface area contributed by atoms with Gasteiger partial charge in [-0.25, -0.2) is 4.98 Å². The van der Waals surface area contributed by atoms with Crippen molar-refractivity contribution in [3.05, 3.63) is 40.3 Å². The summed E-state index contributed by atoms with van der Waals surface area (Å²) >= 11 is 1.49. The van der Waals surface area contributed by atoms with Crippen molar-refractivity contribution >= 4 is 40.2 Å². The van der Waals surface area contributed by atoms with Crippen LogP contribution in [0.2, 0.25) is 0 Å². The molecule has 0 unspecified atom stereocenters. The average molecular weight is 384 g/mol. The molecule has 3 aromatic heterocycles. The molecule has 0 saturated carbocycles. The molecule has 11 heteroatoms. The molecule has 27 heavy (non-hydrogen) atoms. The minimum Gasteiger partial charge on any atom is -0.286 e. The van der Waals surface area contributed by atoms with Crippen LogP contribution in [0.15, 0.2) is 34.0 Å². The van der Waals surface area contributed by atoms with Crippen LogP contribution >= 0.6 is 11.8 Å². The van der Waals surface area contributed by atoms with Crippen LogP contribution in [0.5, 0.6) is 0 Å². The first-order valence-electron chi connectivity index (χ1n) is 8.40. The van der Waals surface area contributed by atoms with Crippen LogP contribution in [-0.2, 0) is 0 Å². The molecule has 4 aromatic rings. The summed E-state index contributed by atoms with van der Waals surface area (Å²) < 4.78 is 1.31. The van der Waals surface area contributed by atoms with Crippen molar-refractivity contribution in [3.8, 4) is 0 Å². The lowest BCUT2D eigenvalue weighted by Crippen LogP contribution is -2.17. The zero-order valence-electron chi connectivity index (χ0n) is 14.4. The zero-order chi connectivity index (χ0) is 18.8. The van der Waals surface area contributed by atoms with Crippen LogP contribution in [0.1, 0.15) is 30.3 Å². The van der Waals surface area contributed by atoms with Gasteiger partial charge in [0.05, 0.1) is 15.8 Å². The lowest BCUT2D eigenvalue weighted by Gasteiger charge is -2.03. The molecule has 1 amide bonds. The lowest BCUT2D eigenvalue weighted by molar-refractivity contribution is 0.101. The molecule has 0 radical (unpaired) electrons. The summed E-state index contributed by atoms with van der Waals surface area (Å²) in [5.74, 6) is 0.382. The summed E-state index contributed by atoms with van der Waals surface area (Å²) in [6.07, 6.45) is 2.00. The predicted octanol–water partition coefficient (Wildman–Crippen LogP) is 1.83. The highest BCUT2D eigenvalue weighted by Crippen LogP contribution is 2.28. The van der Waals surface area contributed by atoms with Crippen molar-refractivity contribution in [2.75, 3.05) is 11.1 Å². The Bertz CT molecular complexity index is 1160. The smallest absolute Gasteiger partial charge is 0.280 e. The van der Waals surface area contributed by atoms with Gasteiger partial charge in [0, 0.05) is 0 Å². The van der Waals surface area contributed by atoms with E-state index in [0.29, 0.717) is 21.4 Å². The third-order valence-electron chi connectivity index (χ3n) is 3.97. The summed E-state index contributed by atoms with van der Waals surface area (Å²) in [5.41, 5.74) is 0.995. The van der Waals surface area contributed by atoms with Gasteiger partial charge in [-0.15, -0.1) is 16.9 Å². The largest absolute Gasteiger partial charge is 0.286 e. The van der Waals surface area contributed by atoms with Crippen molar-refractivity contribution in [2.24, 2.45) is 0 Å². The van der Waals surface area contributed by atoms with E-state index in [0.717, 1.165) is 18.6 Å². The second kappa shape index (κ2) is 7.19. The summed E-state index contributed by atoms with van der Waals surface area (Å²) in [6.45, 7) is 2.09. The molecule has 10 nitrogen and oxygen atoms in total. The maximum atomic E-state index is 12.8. The second-order valence-electron chi connectivity index (χ2n) is 5.80. The molecule has 1 aromatic carbocycles. The number of nitrogens with one attached hydrogen (secondary N) is 3. The van der Waals surface area contributed by atoms with Crippen LogP contribution in [-0.4, -0.2) is 46.9 Å². The molecule has 0 fully saturated rings. The van der Waals surface area contributed by atoms with E-state index in [9.17, 15) is 9.59 Å². The van der Waals surface area contributed by atoms with Crippen LogP contribution in [0.25, 0.3) is 16.6 Å². The minimum absolute atomic E-state index is 0.0497. The third-order valence-corrected chi connectivity index (χ3v) is 5.14. The summed E-state index contributed by atoms with van der Waals surface area (Å²) in [6, 6.07) is 7.09. The fourth-order valence-electron chi connectivity index (χ4n) is 2.65. The van der Waals surface area contributed by atoms with Gasteiger partial charge in [0.1, 0.15) is 5.69 Å². The molecule has 138 valence electrons. The highest BCUT2D eigenvalue weighted by molar-refractivity contribution is 7.99. The van der Waals surface area contributed by atoms with Crippen LogP contribution in [0.4, 0.5) is 5.95 Å². The Hall–Kier alpha value is -3.21. The zero-order valence-corrected chi connectivity index (χ0v) is 15.2. The molecule has 0 aliphatic heterocycles. The van der Waals surface area contributed by atoms with Crippen molar-refractivity contribution in [3.63, 3.8) is 0 Å². The maximum absolute atomic E-state index is 12.8. The molecular formula is C16H16N8O2S. The molecular weight excluding hydrogens is 368 g/mol. The number of tetrazole rings is 1. The van der Waals surface area contributed by atoms with Gasteiger partial charge in [0.15, 0.2) is 5.65 Å². The number of carbonyl (C=O) groups is 1. The van der Waals surface area contributed by atoms with Gasteiger partial charge in [0.25, 0.3) is 17.4 Å². The predicted molar refractivity (Wildman–Crippen MR) is 101 cm³/mol. The van der Waals surface area contributed by atoms with E-state index in [2.05, 4.69) is 42.9 Å². The van der Waals surface area contributed by atoms with Gasteiger partial charge in [-0.2, -0.15) is 9.73 Å². The molecule has 3 heterocycles. The topological polar surface area (TPSA) is 134 Å². The first-order chi connectivity index (χ1) is 13.2. The average Bonchev–Trinajstić information content (AvgIpc) is 3.31. The number of anilines is 1. The number of rotatable bonds is 6. The number of amides is 1. The first kappa shape index (κ1) is 17.2. The molecule has 0 aliphatic carbocycles. The van der Waals surface area contributed by atoms with Crippen molar-refractivity contribution in [1.82, 2.24) is 35.2 Å². The molecule has 3 N–H and O–H groups in total. The van der Waals surface area contributed by atoms with Crippen LogP contribution < -0.4 is 10.9 Å². The second-order valence-corrected chi connectivity index (χ2v) is 6.91. The van der Waals surface area contributed by atoms with Crippen molar-refractivity contribution < 1.29 is 4.79 Å². The van der Waals surface area contributed by atoms with E-state index < -0.39 is 5.91 Å². The normalized spacial score (nSPS) is 11.3. The molecule has 0 saturated heterocycles. The molecule has 0 bridgehead atoms. The number of unbranched alkanes of at least 4 members (excludes halogenated alkanes) is 1. The Morgan fingerprint density at radius 3 is 2.96 bits per heavy atom. The fourth-order valence-corrected chi connectivity index (χ4v) is 3.84. The summed E-state index contributed by atoms with van der Waals surface area (Å²) in [5, 5.41) is 19.0. The quantitative estimate of drug-likeness (QED) is 0.341. The Balaban J connectivity index is 1.86. The first-order valence-corrected chi connectivity index (χ1v) is 9.38. The number of aromatic amines is 2. The van der Waals surface area contributed by atoms with Gasteiger partial charge in [0.2, 0.25) is 0 Å². The number of carbonyl (C=O) groups excluding carboxylic acids is 1. The molecule has 0 spiro atoms. The highest BCUT2D eigenvalue weighted by Gasteiger charge is 2.22. The minimum atomic E-state index is -0.468. The number of nitrogens with zero attached hydrogens (tertiary/aromatic N) is 5. The van der Waals surface area contributed by atoms with E-state index >= 15 is 0 Å². The van der Waals surface area contributed by atoms with E-state index in [1.807, 2.05) is 6.07 Å². The molecule has 4 rings (SSSR count). The lowest BCUT2D eigenvalue weighted by atomic mass is 10.2. The van der Waals surface area contributed by atoms with E-state index in [1.54, 1.807) is 18.2 Å². The maximum Gasteiger partial charge on any atom is 0.280 e. The Morgan fingerprint density at radius 1 is 1.33 bits per heavy atom. The standard InChI is InChI=1S/C16H16N8O2S/c1-2-3-8-27-12-11(14(25)18-16-19-22-23-20-16)21-24-13(12)17-10-7-5-4-6-9(10)15(24)26/h4-7,21H,2-3,8H2,1H3,(H2,18,19,20,22,23,25). The van der Waals surface area contributed by atoms with E-state index in [-0.39, 0.29) is 17.2 Å². The van der Waals surface area contributed by atoms with E-state index in [4.69, 9.17) is 0 Å². The van der Waals surface area contributed by atoms with E-state index in [1.165, 1.54) is 16.3 Å². The number of hydrogen-bond donors (Lipinski definition) is 3. The van der Waals surface area contributed by atoms with Gasteiger partial charge in [-0.1, -0.05) is 30.6 Å². The number of thioether (sulfide) groups is 1. The fraction of sp³-hybridized carbons (Fsp3) is 0.250. The third kappa shape index (κ3) is 3.16. The monoisotopic (exact) mass is 384 g/mol. The Kier molecular flexibility index (Phi) is 4.59. The SMILES string of the molecule is CCCCSc1c(C(=O)Nc2nn[nH]n2)[nH]n2c(=O)c3ccccc3nc12. The van der Waals surface area contributed by atoms with Crippen molar-refractivity contribution in [1.29, 1.82) is 0 Å². The molecule has 0 aliphatic rings. The Labute approximate surface area is 156 Å². The highest BCUT2D eigenvalue weighted by atomic mass is 32.2. The number of benzene rings is 1. The Morgan fingerprint density at radius 2 is 2.19 bits per heavy atom. The summed E-state index contributed by atoms with van der Waals surface area (Å²) in [4.78, 5) is 30.8. The number of aromatic nitrogens is 7. The van der Waals surface area contributed by atoms with Gasteiger partial charge in [-0.05, 0) is 29.5 Å². The number of H-pyrrole nitrogens is 2. The molecule has 0 atom stereocenters. The van der Waals surface area contributed by atoms with Gasteiger partial charge >= 0.3 is 0 Å².